The van der Waals surface area contributed by atoms with Crippen molar-refractivity contribution < 1.29 is 27.4 Å². The van der Waals surface area contributed by atoms with E-state index in [1.807, 2.05) is 0 Å². The summed E-state index contributed by atoms with van der Waals surface area (Å²) in [5, 5.41) is 2.63. The number of nitrogens with one attached hydrogen (secondary N) is 1. The number of rotatable bonds is 5. The first kappa shape index (κ1) is 16.6. The zero-order valence-corrected chi connectivity index (χ0v) is 12.1. The first-order chi connectivity index (χ1) is 10.9. The molecule has 0 aliphatic heterocycles. The molecule has 0 bridgehead atoms. The smallest absolute Gasteiger partial charge is 0.481 e. The molecule has 2 rings (SSSR count). The summed E-state index contributed by atoms with van der Waals surface area (Å²) in [6.07, 6.45) is -3.28. The molecule has 0 fully saturated rings. The summed E-state index contributed by atoms with van der Waals surface area (Å²) >= 11 is 0. The van der Waals surface area contributed by atoms with E-state index in [-0.39, 0.29) is 18.1 Å². The third-order valence-electron chi connectivity index (χ3n) is 2.75. The SMILES string of the molecule is COc1ccc(NC(=O)Cc2ccc(OC(F)(F)F)cc2)cn1. The lowest BCUT2D eigenvalue weighted by Crippen LogP contribution is -2.17. The Morgan fingerprint density at radius 3 is 2.39 bits per heavy atom. The predicted octanol–water partition coefficient (Wildman–Crippen LogP) is 3.17. The predicted molar refractivity (Wildman–Crippen MR) is 76.2 cm³/mol. The first-order valence-electron chi connectivity index (χ1n) is 6.50. The van der Waals surface area contributed by atoms with E-state index < -0.39 is 6.36 Å². The summed E-state index contributed by atoms with van der Waals surface area (Å²) < 4.78 is 44.8. The minimum Gasteiger partial charge on any atom is -0.481 e. The molecule has 1 amide bonds. The molecule has 1 N–H and O–H groups in total. The molecule has 0 aliphatic rings. The minimum absolute atomic E-state index is 0.0122. The van der Waals surface area contributed by atoms with E-state index in [4.69, 9.17) is 4.74 Å². The highest BCUT2D eigenvalue weighted by Crippen LogP contribution is 2.23. The van der Waals surface area contributed by atoms with Gasteiger partial charge in [0.1, 0.15) is 5.75 Å². The number of carbonyl (C=O) groups excluding carboxylic acids is 1. The van der Waals surface area contributed by atoms with Crippen molar-refractivity contribution in [1.29, 1.82) is 0 Å². The molecule has 5 nitrogen and oxygen atoms in total. The van der Waals surface area contributed by atoms with Crippen molar-refractivity contribution >= 4 is 11.6 Å². The van der Waals surface area contributed by atoms with Gasteiger partial charge in [-0.3, -0.25) is 4.79 Å². The summed E-state index contributed by atoms with van der Waals surface area (Å²) in [5.74, 6) is -0.231. The van der Waals surface area contributed by atoms with Gasteiger partial charge in [-0.25, -0.2) is 4.98 Å². The number of alkyl halides is 3. The van der Waals surface area contributed by atoms with E-state index in [2.05, 4.69) is 15.0 Å². The van der Waals surface area contributed by atoms with E-state index >= 15 is 0 Å². The third-order valence-corrected chi connectivity index (χ3v) is 2.75. The Labute approximate surface area is 130 Å². The monoisotopic (exact) mass is 326 g/mol. The fourth-order valence-electron chi connectivity index (χ4n) is 1.77. The highest BCUT2D eigenvalue weighted by molar-refractivity contribution is 5.92. The van der Waals surface area contributed by atoms with Crippen LogP contribution in [0.25, 0.3) is 0 Å². The van der Waals surface area contributed by atoms with Gasteiger partial charge in [-0.1, -0.05) is 12.1 Å². The van der Waals surface area contributed by atoms with Crippen LogP contribution in [0.1, 0.15) is 5.56 Å². The summed E-state index contributed by atoms with van der Waals surface area (Å²) in [6, 6.07) is 8.33. The molecule has 122 valence electrons. The van der Waals surface area contributed by atoms with Crippen LogP contribution in [0.4, 0.5) is 18.9 Å². The number of nitrogens with zero attached hydrogens (tertiary/aromatic N) is 1. The van der Waals surface area contributed by atoms with Crippen LogP contribution in [-0.2, 0) is 11.2 Å². The number of anilines is 1. The van der Waals surface area contributed by atoms with Gasteiger partial charge in [0, 0.05) is 6.07 Å². The highest BCUT2D eigenvalue weighted by Gasteiger charge is 2.30. The van der Waals surface area contributed by atoms with Crippen molar-refractivity contribution in [2.75, 3.05) is 12.4 Å². The average Bonchev–Trinajstić information content (AvgIpc) is 2.48. The Kier molecular flexibility index (Phi) is 5.05. The molecule has 0 spiro atoms. The maximum absolute atomic E-state index is 12.0. The van der Waals surface area contributed by atoms with Crippen LogP contribution < -0.4 is 14.8 Å². The lowest BCUT2D eigenvalue weighted by molar-refractivity contribution is -0.274. The third kappa shape index (κ3) is 5.50. The zero-order valence-electron chi connectivity index (χ0n) is 12.1. The second-order valence-electron chi connectivity index (χ2n) is 4.51. The maximum atomic E-state index is 12.0. The van der Waals surface area contributed by atoms with Crippen molar-refractivity contribution in [2.45, 2.75) is 12.8 Å². The molecule has 2 aromatic rings. The van der Waals surface area contributed by atoms with E-state index in [1.54, 1.807) is 12.1 Å². The van der Waals surface area contributed by atoms with Gasteiger partial charge in [0.05, 0.1) is 25.4 Å². The number of halogens is 3. The van der Waals surface area contributed by atoms with Gasteiger partial charge < -0.3 is 14.8 Å². The summed E-state index contributed by atoms with van der Waals surface area (Å²) in [5.41, 5.74) is 1.05. The normalized spacial score (nSPS) is 11.0. The average molecular weight is 326 g/mol. The molecule has 1 heterocycles. The van der Waals surface area contributed by atoms with Crippen LogP contribution >= 0.6 is 0 Å². The Bertz CT molecular complexity index is 655. The summed E-state index contributed by atoms with van der Waals surface area (Å²) in [4.78, 5) is 15.8. The molecule has 0 unspecified atom stereocenters. The number of carbonyl (C=O) groups is 1. The first-order valence-corrected chi connectivity index (χ1v) is 6.50. The van der Waals surface area contributed by atoms with E-state index in [1.165, 1.54) is 25.4 Å². The molecule has 1 aromatic heterocycles. The fourth-order valence-corrected chi connectivity index (χ4v) is 1.77. The van der Waals surface area contributed by atoms with Crippen molar-refractivity contribution in [3.63, 3.8) is 0 Å². The van der Waals surface area contributed by atoms with Gasteiger partial charge >= 0.3 is 6.36 Å². The van der Waals surface area contributed by atoms with Crippen LogP contribution in [0.15, 0.2) is 42.6 Å². The molecule has 8 heteroatoms. The van der Waals surface area contributed by atoms with E-state index in [9.17, 15) is 18.0 Å². The Morgan fingerprint density at radius 2 is 1.87 bits per heavy atom. The van der Waals surface area contributed by atoms with Crippen molar-refractivity contribution in [3.05, 3.63) is 48.2 Å². The number of amides is 1. The Hall–Kier alpha value is -2.77. The van der Waals surface area contributed by atoms with Crippen LogP contribution in [0.5, 0.6) is 11.6 Å². The highest BCUT2D eigenvalue weighted by atomic mass is 19.4. The molecule has 1 aromatic carbocycles. The van der Waals surface area contributed by atoms with Gasteiger partial charge in [0.15, 0.2) is 0 Å². The topological polar surface area (TPSA) is 60.5 Å². The molecule has 0 radical (unpaired) electrons. The van der Waals surface area contributed by atoms with Crippen LogP contribution in [0.3, 0.4) is 0 Å². The maximum Gasteiger partial charge on any atom is 0.573 e. The van der Waals surface area contributed by atoms with Crippen LogP contribution in [0.2, 0.25) is 0 Å². The lowest BCUT2D eigenvalue weighted by Gasteiger charge is -2.09. The molecule has 0 saturated carbocycles. The standard InChI is InChI=1S/C15H13F3N2O3/c1-22-14-7-4-11(9-19-14)20-13(21)8-10-2-5-12(6-3-10)23-15(16,17)18/h2-7,9H,8H2,1H3,(H,20,21). The van der Waals surface area contributed by atoms with Gasteiger partial charge in [-0.2, -0.15) is 0 Å². The van der Waals surface area contributed by atoms with Gasteiger partial charge in [0.2, 0.25) is 11.8 Å². The number of methoxy groups -OCH3 is 1. The number of hydrogen-bond donors (Lipinski definition) is 1. The van der Waals surface area contributed by atoms with Crippen LogP contribution in [0, 0.1) is 0 Å². The summed E-state index contributed by atoms with van der Waals surface area (Å²) in [7, 11) is 1.48. The van der Waals surface area contributed by atoms with Gasteiger partial charge in [-0.15, -0.1) is 13.2 Å². The van der Waals surface area contributed by atoms with Crippen molar-refractivity contribution in [1.82, 2.24) is 4.98 Å². The number of ether oxygens (including phenoxy) is 2. The molecular weight excluding hydrogens is 313 g/mol. The number of pyridine rings is 1. The molecule has 0 aliphatic carbocycles. The number of hydrogen-bond acceptors (Lipinski definition) is 4. The second kappa shape index (κ2) is 6.99. The Balaban J connectivity index is 1.91. The minimum atomic E-state index is -4.74. The van der Waals surface area contributed by atoms with Crippen molar-refractivity contribution in [2.24, 2.45) is 0 Å². The van der Waals surface area contributed by atoms with Crippen molar-refractivity contribution in [3.8, 4) is 11.6 Å². The zero-order chi connectivity index (χ0) is 16.9. The van der Waals surface area contributed by atoms with Crippen LogP contribution in [-0.4, -0.2) is 24.4 Å². The number of aromatic nitrogens is 1. The van der Waals surface area contributed by atoms with E-state index in [0.29, 0.717) is 17.1 Å². The molecule has 0 saturated heterocycles. The van der Waals surface area contributed by atoms with Gasteiger partial charge in [0.25, 0.3) is 0 Å². The van der Waals surface area contributed by atoms with Gasteiger partial charge in [-0.05, 0) is 23.8 Å². The molecular formula is C15H13F3N2O3. The number of benzene rings is 1. The largest absolute Gasteiger partial charge is 0.573 e. The molecule has 0 atom stereocenters. The Morgan fingerprint density at radius 1 is 1.17 bits per heavy atom. The van der Waals surface area contributed by atoms with E-state index in [0.717, 1.165) is 12.1 Å². The summed E-state index contributed by atoms with van der Waals surface area (Å²) in [6.45, 7) is 0. The molecule has 23 heavy (non-hydrogen) atoms. The second-order valence-corrected chi connectivity index (χ2v) is 4.51. The quantitative estimate of drug-likeness (QED) is 0.917. The lowest BCUT2D eigenvalue weighted by atomic mass is 10.1. The fraction of sp³-hybridized carbons (Fsp3) is 0.200.